The summed E-state index contributed by atoms with van der Waals surface area (Å²) in [5.74, 6) is 1.37. The Bertz CT molecular complexity index is 1010. The van der Waals surface area contributed by atoms with Gasteiger partial charge in [0.15, 0.2) is 0 Å². The van der Waals surface area contributed by atoms with Gasteiger partial charge in [0, 0.05) is 18.5 Å². The fourth-order valence-corrected chi connectivity index (χ4v) is 6.41. The van der Waals surface area contributed by atoms with E-state index in [4.69, 9.17) is 0 Å². The molecule has 2 atom stereocenters. The molecule has 0 radical (unpaired) electrons. The Morgan fingerprint density at radius 3 is 2.63 bits per heavy atom. The molecule has 1 saturated heterocycles. The number of hydrogen-bond donors (Lipinski definition) is 2. The monoisotopic (exact) mass is 425 g/mol. The van der Waals surface area contributed by atoms with Crippen molar-refractivity contribution in [2.75, 3.05) is 30.5 Å². The van der Waals surface area contributed by atoms with Crippen molar-refractivity contribution < 1.29 is 8.42 Å². The molecule has 0 bridgehead atoms. The highest BCUT2D eigenvalue weighted by atomic mass is 32.2. The Labute approximate surface area is 179 Å². The van der Waals surface area contributed by atoms with E-state index < -0.39 is 10.0 Å². The van der Waals surface area contributed by atoms with Crippen LogP contribution in [0.15, 0.2) is 47.4 Å². The van der Waals surface area contributed by atoms with E-state index in [0.29, 0.717) is 23.4 Å². The molecule has 2 aromatic carbocycles. The summed E-state index contributed by atoms with van der Waals surface area (Å²) in [5.41, 5.74) is 4.42. The molecule has 160 valence electrons. The summed E-state index contributed by atoms with van der Waals surface area (Å²) in [5, 5.41) is 7.20. The lowest BCUT2D eigenvalue weighted by atomic mass is 9.98. The molecule has 0 amide bonds. The second kappa shape index (κ2) is 7.98. The lowest BCUT2D eigenvalue weighted by Crippen LogP contribution is -2.34. The third-order valence-electron chi connectivity index (χ3n) is 6.91. The van der Waals surface area contributed by atoms with Crippen molar-refractivity contribution in [1.29, 1.82) is 0 Å². The highest BCUT2D eigenvalue weighted by Gasteiger charge is 2.39. The number of fused-ring (bicyclic) bond motifs is 1. The van der Waals surface area contributed by atoms with Gasteiger partial charge in [0.25, 0.3) is 10.0 Å². The molecule has 2 N–H and O–H groups in total. The number of nitrogens with one attached hydrogen (secondary N) is 2. The number of nitrogens with zero attached hydrogens (tertiary/aromatic N) is 1. The smallest absolute Gasteiger partial charge is 0.264 e. The number of piperidine rings is 1. The molecule has 2 aliphatic heterocycles. The van der Waals surface area contributed by atoms with Crippen molar-refractivity contribution in [2.45, 2.75) is 49.5 Å². The Balaban J connectivity index is 1.26. The fraction of sp³-hybridized carbons (Fsp3) is 0.500. The van der Waals surface area contributed by atoms with Crippen molar-refractivity contribution in [2.24, 2.45) is 5.92 Å². The molecule has 30 heavy (non-hydrogen) atoms. The summed E-state index contributed by atoms with van der Waals surface area (Å²) in [7, 11) is -3.50. The lowest BCUT2D eigenvalue weighted by Gasteiger charge is -2.23. The van der Waals surface area contributed by atoms with Gasteiger partial charge in [-0.25, -0.2) is 8.42 Å². The van der Waals surface area contributed by atoms with Crippen LogP contribution in [-0.4, -0.2) is 40.6 Å². The number of rotatable bonds is 6. The van der Waals surface area contributed by atoms with E-state index in [0.717, 1.165) is 48.8 Å². The molecule has 3 aliphatic rings. The molecule has 0 aromatic heterocycles. The quantitative estimate of drug-likeness (QED) is 0.746. The number of hydrogen-bond acceptors (Lipinski definition) is 4. The SMILES string of the molecule is Cc1ccc(S(=O)(=O)N2CCc3cc(C4CC4NCC4CCNCC4)ccc32)cc1. The molecule has 1 saturated carbocycles. The van der Waals surface area contributed by atoms with Gasteiger partial charge in [-0.05, 0) is 87.5 Å². The van der Waals surface area contributed by atoms with Gasteiger partial charge in [-0.2, -0.15) is 0 Å². The zero-order chi connectivity index (χ0) is 20.7. The molecule has 5 rings (SSSR count). The molecule has 2 fully saturated rings. The normalized spacial score (nSPS) is 24.1. The van der Waals surface area contributed by atoms with Crippen molar-refractivity contribution in [3.05, 3.63) is 59.2 Å². The van der Waals surface area contributed by atoms with Crippen LogP contribution in [-0.2, 0) is 16.4 Å². The van der Waals surface area contributed by atoms with Crippen molar-refractivity contribution >= 4 is 15.7 Å². The Kier molecular flexibility index (Phi) is 5.33. The highest BCUT2D eigenvalue weighted by Crippen LogP contribution is 2.43. The molecule has 1 aliphatic carbocycles. The summed E-state index contributed by atoms with van der Waals surface area (Å²) >= 11 is 0. The van der Waals surface area contributed by atoms with Gasteiger partial charge in [0.1, 0.15) is 0 Å². The first-order valence-corrected chi connectivity index (χ1v) is 12.6. The molecule has 2 heterocycles. The van der Waals surface area contributed by atoms with Crippen molar-refractivity contribution in [3.63, 3.8) is 0 Å². The number of anilines is 1. The van der Waals surface area contributed by atoms with E-state index in [1.54, 1.807) is 16.4 Å². The molecular weight excluding hydrogens is 394 g/mol. The molecule has 6 heteroatoms. The number of benzene rings is 2. The van der Waals surface area contributed by atoms with Crippen LogP contribution in [0.1, 0.15) is 41.9 Å². The zero-order valence-electron chi connectivity index (χ0n) is 17.6. The van der Waals surface area contributed by atoms with E-state index in [1.165, 1.54) is 24.8 Å². The van der Waals surface area contributed by atoms with Gasteiger partial charge in [-0.15, -0.1) is 0 Å². The standard InChI is InChI=1S/C24H31N3O2S/c1-17-2-5-21(6-3-17)30(28,29)27-13-10-20-14-19(4-7-24(20)27)22-15-23(22)26-16-18-8-11-25-12-9-18/h2-7,14,18,22-23,25-26H,8-13,15-16H2,1H3. The minimum atomic E-state index is -3.50. The third-order valence-corrected chi connectivity index (χ3v) is 8.74. The van der Waals surface area contributed by atoms with Gasteiger partial charge in [0.05, 0.1) is 10.6 Å². The zero-order valence-corrected chi connectivity index (χ0v) is 18.4. The number of aryl methyl sites for hydroxylation is 1. The Hall–Kier alpha value is -1.89. The average molecular weight is 426 g/mol. The van der Waals surface area contributed by atoms with Crippen LogP contribution in [0, 0.1) is 12.8 Å². The van der Waals surface area contributed by atoms with E-state index >= 15 is 0 Å². The summed E-state index contributed by atoms with van der Waals surface area (Å²) in [6, 6.07) is 14.1. The van der Waals surface area contributed by atoms with Gasteiger partial charge < -0.3 is 10.6 Å². The minimum absolute atomic E-state index is 0.370. The maximum atomic E-state index is 13.1. The average Bonchev–Trinajstić information content (AvgIpc) is 3.41. The maximum Gasteiger partial charge on any atom is 0.264 e. The summed E-state index contributed by atoms with van der Waals surface area (Å²) in [4.78, 5) is 0.370. The molecular formula is C24H31N3O2S. The summed E-state index contributed by atoms with van der Waals surface area (Å²) in [6.07, 6.45) is 4.52. The maximum absolute atomic E-state index is 13.1. The number of sulfonamides is 1. The first-order chi connectivity index (χ1) is 14.5. The van der Waals surface area contributed by atoms with E-state index in [2.05, 4.69) is 22.8 Å². The van der Waals surface area contributed by atoms with Crippen LogP contribution in [0.2, 0.25) is 0 Å². The Morgan fingerprint density at radius 1 is 1.10 bits per heavy atom. The van der Waals surface area contributed by atoms with Crippen LogP contribution < -0.4 is 14.9 Å². The van der Waals surface area contributed by atoms with Crippen LogP contribution in [0.25, 0.3) is 0 Å². The lowest BCUT2D eigenvalue weighted by molar-refractivity contribution is 0.355. The van der Waals surface area contributed by atoms with E-state index in [-0.39, 0.29) is 0 Å². The molecule has 5 nitrogen and oxygen atoms in total. The largest absolute Gasteiger partial charge is 0.317 e. The van der Waals surface area contributed by atoms with Gasteiger partial charge in [-0.1, -0.05) is 29.8 Å². The highest BCUT2D eigenvalue weighted by molar-refractivity contribution is 7.92. The van der Waals surface area contributed by atoms with E-state index in [9.17, 15) is 8.42 Å². The Morgan fingerprint density at radius 2 is 1.87 bits per heavy atom. The van der Waals surface area contributed by atoms with E-state index in [1.807, 2.05) is 25.1 Å². The first-order valence-electron chi connectivity index (χ1n) is 11.2. The second-order valence-corrected chi connectivity index (χ2v) is 10.9. The van der Waals surface area contributed by atoms with Gasteiger partial charge >= 0.3 is 0 Å². The molecule has 2 unspecified atom stereocenters. The minimum Gasteiger partial charge on any atom is -0.317 e. The fourth-order valence-electron chi connectivity index (χ4n) is 4.90. The van der Waals surface area contributed by atoms with Gasteiger partial charge in [-0.3, -0.25) is 4.31 Å². The molecule has 0 spiro atoms. The predicted molar refractivity (Wildman–Crippen MR) is 121 cm³/mol. The first kappa shape index (κ1) is 20.0. The third kappa shape index (κ3) is 3.88. The summed E-state index contributed by atoms with van der Waals surface area (Å²) < 4.78 is 27.9. The molecule has 2 aromatic rings. The van der Waals surface area contributed by atoms with Crippen LogP contribution in [0.4, 0.5) is 5.69 Å². The van der Waals surface area contributed by atoms with Crippen LogP contribution in [0.5, 0.6) is 0 Å². The van der Waals surface area contributed by atoms with Crippen LogP contribution >= 0.6 is 0 Å². The van der Waals surface area contributed by atoms with Crippen molar-refractivity contribution in [3.8, 4) is 0 Å². The topological polar surface area (TPSA) is 61.4 Å². The second-order valence-electron chi connectivity index (χ2n) is 9.08. The van der Waals surface area contributed by atoms with Gasteiger partial charge in [0.2, 0.25) is 0 Å². The van der Waals surface area contributed by atoms with Crippen molar-refractivity contribution in [1.82, 2.24) is 10.6 Å². The predicted octanol–water partition coefficient (Wildman–Crippen LogP) is 3.19. The van der Waals surface area contributed by atoms with Crippen LogP contribution in [0.3, 0.4) is 0 Å². The summed E-state index contributed by atoms with van der Waals surface area (Å²) in [6.45, 7) is 5.91.